The minimum atomic E-state index is 0. The fourth-order valence-corrected chi connectivity index (χ4v) is 6.44. The van der Waals surface area contributed by atoms with Crippen molar-refractivity contribution in [1.29, 1.82) is 0 Å². The van der Waals surface area contributed by atoms with Gasteiger partial charge in [-0.1, -0.05) is 118 Å². The van der Waals surface area contributed by atoms with Crippen molar-refractivity contribution in [3.05, 3.63) is 273 Å². The van der Waals surface area contributed by atoms with E-state index < -0.39 is 0 Å². The summed E-state index contributed by atoms with van der Waals surface area (Å²) in [6.45, 7) is 0. The maximum atomic E-state index is 7.13. The topological polar surface area (TPSA) is 468 Å². The molecular weight excluding hydrogens is 1480 g/mol. The maximum absolute atomic E-state index is 7.13. The number of hydrogen-bond donors (Lipinski definition) is 0. The molecule has 0 aliphatic carbocycles. The summed E-state index contributed by atoms with van der Waals surface area (Å²) in [7, 11) is 0. The first kappa shape index (κ1) is 95.0. The average Bonchev–Trinajstić information content (AvgIpc) is 3.14. The third-order valence-corrected chi connectivity index (χ3v) is 10.8. The van der Waals surface area contributed by atoms with Crippen LogP contribution in [0, 0.1) is 0 Å². The molecule has 6 aromatic carbocycles. The van der Waals surface area contributed by atoms with Gasteiger partial charge in [0.15, 0.2) is 0 Å². The summed E-state index contributed by atoms with van der Waals surface area (Å²) in [6, 6.07) is 44.9. The van der Waals surface area contributed by atoms with E-state index in [1.54, 1.807) is 75.9 Å². The monoisotopic (exact) mass is 1530 g/mol. The molecule has 92 heavy (non-hydrogen) atoms. The quantitative estimate of drug-likeness (QED) is 0.0649. The van der Waals surface area contributed by atoms with Crippen molar-refractivity contribution in [3.63, 3.8) is 0 Å². The van der Waals surface area contributed by atoms with Crippen LogP contribution in [0.4, 0.5) is 0 Å². The average molecular weight is 1530 g/mol. The molecule has 0 saturated heterocycles. The van der Waals surface area contributed by atoms with Crippen LogP contribution in [0.2, 0.25) is 30.1 Å². The van der Waals surface area contributed by atoms with Crippen molar-refractivity contribution in [2.45, 2.75) is 0 Å². The number of nitrogens with zero attached hydrogens (tertiary/aromatic N) is 22. The number of aromatic nitrogens is 18. The van der Waals surface area contributed by atoms with Crippen LogP contribution in [0.25, 0.3) is 55.8 Å². The minimum Gasteiger partial charge on any atom is -0.753 e. The molecule has 12 rings (SSSR count). The van der Waals surface area contributed by atoms with E-state index in [1.165, 1.54) is 20.6 Å². The van der Waals surface area contributed by atoms with Crippen LogP contribution < -0.4 is 0 Å². The molecule has 6 heterocycles. The van der Waals surface area contributed by atoms with Gasteiger partial charge in [-0.15, -0.1) is 61.2 Å². The summed E-state index contributed by atoms with van der Waals surface area (Å²) >= 11 is 49.2. The molecular formula is C52H52Cl6Fe2N22O6S4+4. The van der Waals surface area contributed by atoms with Crippen LogP contribution >= 0.6 is 118 Å². The molecule has 0 amide bonds. The predicted molar refractivity (Wildman–Crippen MR) is 369 cm³/mol. The maximum Gasteiger partial charge on any atom is 2.00 e. The standard InChI is InChI=1S/6C8H6ClN3.4CNS.2Fe.6H2O/c6*9-7-1-3-8(4-2-7)12-5-10-11-6-12;4*2-1-3;;;;;;;;/h6*1-6H;;;;;;;6*1H2/q;;;;;;4*-1;2*+2;;;;;;/p+4. The van der Waals surface area contributed by atoms with E-state index in [0.29, 0.717) is 0 Å². The predicted octanol–water partition coefficient (Wildman–Crippen LogP) is 8.82. The zero-order valence-electron chi connectivity index (χ0n) is 46.5. The van der Waals surface area contributed by atoms with Crippen LogP contribution in [-0.4, -0.2) is 120 Å². The molecule has 40 heteroatoms. The first-order chi connectivity index (χ1) is 40.8. The molecule has 12 aromatic rings. The zero-order chi connectivity index (χ0) is 61.2. The van der Waals surface area contributed by atoms with Gasteiger partial charge in [0.2, 0.25) is 0 Å². The van der Waals surface area contributed by atoms with Gasteiger partial charge in [-0.25, -0.2) is 0 Å². The van der Waals surface area contributed by atoms with Crippen LogP contribution in [0.1, 0.15) is 0 Å². The van der Waals surface area contributed by atoms with Gasteiger partial charge >= 0.3 is 34.1 Å². The molecule has 6 aromatic heterocycles. The van der Waals surface area contributed by atoms with Crippen molar-refractivity contribution in [1.82, 2.24) is 88.6 Å². The third-order valence-electron chi connectivity index (χ3n) is 9.26. The normalized spacial score (nSPS) is 8.24. The zero-order valence-corrected chi connectivity index (χ0v) is 56.6. The van der Waals surface area contributed by atoms with Gasteiger partial charge in [-0.05, 0) is 146 Å². The van der Waals surface area contributed by atoms with Crippen molar-refractivity contribution in [3.8, 4) is 34.1 Å². The van der Waals surface area contributed by atoms with E-state index in [9.17, 15) is 0 Å². The van der Waals surface area contributed by atoms with E-state index in [1.807, 2.05) is 173 Å². The van der Waals surface area contributed by atoms with Crippen molar-refractivity contribution < 1.29 is 67.0 Å². The fraction of sp³-hybridized carbons (Fsp3) is 0. The molecule has 0 fully saturated rings. The second-order valence-corrected chi connectivity index (χ2v) is 17.8. The first-order valence-electron chi connectivity index (χ1n) is 22.5. The number of benzene rings is 6. The molecule has 16 N–H and O–H groups in total. The van der Waals surface area contributed by atoms with Crippen LogP contribution in [-0.2, 0) is 56.0 Å². The summed E-state index contributed by atoms with van der Waals surface area (Å²) in [5.74, 6) is 0. The molecule has 0 bridgehead atoms. The SMILES string of the molecule is Clc1ccc(-n2cnnc2)cc1.Clc1ccc(-n2cnnc2)cc1.Clc1ccc(-n2cnnc2)cc1.Clc1ccc(-n2cnnc2)cc1.Clc1ccc(-n2cnnc2)cc1.Clc1ccc(-n2cnnc2)cc1.O.O.[Fe+2].[Fe+2].[N-]=C=S.[N-]=C=S.[N-]=C=S.[N-]=C=S.[OH3+].[OH3+].[OH3+].[OH3+]. The van der Waals surface area contributed by atoms with E-state index in [-0.39, 0.29) is 67.0 Å². The van der Waals surface area contributed by atoms with Gasteiger partial charge < -0.3 is 54.5 Å². The Morgan fingerprint density at radius 1 is 0.228 bits per heavy atom. The second-order valence-electron chi connectivity index (χ2n) is 14.4. The smallest absolute Gasteiger partial charge is 0.753 e. The Balaban J connectivity index is -0.000000229. The summed E-state index contributed by atoms with van der Waals surface area (Å²) in [5, 5.41) is 82.7. The molecule has 484 valence electrons. The minimum absolute atomic E-state index is 0. The van der Waals surface area contributed by atoms with Gasteiger partial charge in [0.1, 0.15) is 75.9 Å². The first-order valence-corrected chi connectivity index (χ1v) is 26.4. The fourth-order valence-electron chi connectivity index (χ4n) is 5.68. The number of isothiocyanates is 4. The largest absolute Gasteiger partial charge is 2.00 e. The van der Waals surface area contributed by atoms with Crippen LogP contribution in [0.3, 0.4) is 0 Å². The summed E-state index contributed by atoms with van der Waals surface area (Å²) < 4.78 is 10.9. The third kappa shape index (κ3) is 38.6. The van der Waals surface area contributed by atoms with Crippen molar-refractivity contribution >= 4 is 139 Å². The van der Waals surface area contributed by atoms with Gasteiger partial charge in [-0.2, -0.15) is 20.6 Å². The molecule has 28 nitrogen and oxygen atoms in total. The number of hydrogen-bond acceptors (Lipinski definition) is 16. The van der Waals surface area contributed by atoms with E-state index in [2.05, 4.69) is 110 Å². The Kier molecular flexibility index (Phi) is 59.9. The molecule has 0 aliphatic rings. The van der Waals surface area contributed by atoms with E-state index in [4.69, 9.17) is 91.2 Å². The van der Waals surface area contributed by atoms with E-state index >= 15 is 0 Å². The van der Waals surface area contributed by atoms with Gasteiger partial charge in [-0.3, -0.25) is 27.4 Å². The Bertz CT molecular complexity index is 3140. The van der Waals surface area contributed by atoms with Gasteiger partial charge in [0, 0.05) is 64.3 Å². The molecule has 0 atom stereocenters. The van der Waals surface area contributed by atoms with Crippen LogP contribution in [0.5, 0.6) is 0 Å². The van der Waals surface area contributed by atoms with Gasteiger partial charge in [0.05, 0.1) is 0 Å². The summed E-state index contributed by atoms with van der Waals surface area (Å²) in [6.07, 6.45) is 19.7. The van der Waals surface area contributed by atoms with Crippen molar-refractivity contribution in [2.75, 3.05) is 0 Å². The number of halogens is 6. The Morgan fingerprint density at radius 2 is 0.304 bits per heavy atom. The Hall–Kier alpha value is -8.10. The Morgan fingerprint density at radius 3 is 0.380 bits per heavy atom. The van der Waals surface area contributed by atoms with Crippen molar-refractivity contribution in [2.24, 2.45) is 0 Å². The Labute approximate surface area is 597 Å². The molecule has 0 spiro atoms. The molecule has 0 unspecified atom stereocenters. The second kappa shape index (κ2) is 58.0. The molecule has 0 radical (unpaired) electrons. The number of rotatable bonds is 6. The number of thiocarbonyl (C=S) groups is 4. The molecule has 0 aliphatic heterocycles. The summed E-state index contributed by atoms with van der Waals surface area (Å²) in [4.78, 5) is 0. The van der Waals surface area contributed by atoms with E-state index in [0.717, 1.165) is 64.3 Å². The summed E-state index contributed by atoms with van der Waals surface area (Å²) in [5.41, 5.74) is 6.02. The van der Waals surface area contributed by atoms with Crippen LogP contribution in [0.15, 0.2) is 222 Å². The molecule has 0 saturated carbocycles. The van der Waals surface area contributed by atoms with Gasteiger partial charge in [0.25, 0.3) is 0 Å².